The third-order valence-electron chi connectivity index (χ3n) is 4.96. The van der Waals surface area contributed by atoms with Crippen molar-refractivity contribution in [1.82, 2.24) is 19.8 Å². The van der Waals surface area contributed by atoms with E-state index in [4.69, 9.17) is 4.99 Å². The first kappa shape index (κ1) is 18.4. The maximum atomic E-state index is 4.93. The molecule has 140 valence electrons. The molecule has 0 amide bonds. The van der Waals surface area contributed by atoms with Gasteiger partial charge >= 0.3 is 0 Å². The van der Waals surface area contributed by atoms with Crippen LogP contribution in [0, 0.1) is 0 Å². The lowest BCUT2D eigenvalue weighted by atomic mass is 10.1. The van der Waals surface area contributed by atoms with Gasteiger partial charge in [-0.15, -0.1) is 0 Å². The monoisotopic (exact) mass is 473 g/mol. The lowest BCUT2D eigenvalue weighted by Gasteiger charge is -2.28. The average Bonchev–Trinajstić information content (AvgIpc) is 3.22. The van der Waals surface area contributed by atoms with E-state index in [1.54, 1.807) is 0 Å². The minimum Gasteiger partial charge on any atom is -0.348 e. The van der Waals surface area contributed by atoms with Crippen molar-refractivity contribution >= 4 is 28.3 Å². The molecule has 0 saturated carbocycles. The Kier molecular flexibility index (Phi) is 5.71. The molecule has 5 nitrogen and oxygen atoms in total. The van der Waals surface area contributed by atoms with E-state index < -0.39 is 0 Å². The van der Waals surface area contributed by atoms with Crippen molar-refractivity contribution in [3.05, 3.63) is 60.2 Å². The van der Waals surface area contributed by atoms with Crippen LogP contribution in [0.15, 0.2) is 54.1 Å². The summed E-state index contributed by atoms with van der Waals surface area (Å²) in [6.45, 7) is 5.19. The minimum atomic E-state index is 0.420. The predicted molar refractivity (Wildman–Crippen MR) is 118 cm³/mol. The molecule has 0 bridgehead atoms. The van der Waals surface area contributed by atoms with E-state index in [9.17, 15) is 0 Å². The van der Waals surface area contributed by atoms with Crippen LogP contribution in [0.25, 0.3) is 11.4 Å². The van der Waals surface area contributed by atoms with Crippen LogP contribution in [0.5, 0.6) is 0 Å². The molecule has 0 N–H and O–H groups in total. The van der Waals surface area contributed by atoms with Crippen molar-refractivity contribution in [3.8, 4) is 11.4 Å². The van der Waals surface area contributed by atoms with E-state index in [-0.39, 0.29) is 0 Å². The molecule has 0 radical (unpaired) electrons. The summed E-state index contributed by atoms with van der Waals surface area (Å²) in [7, 11) is 0. The third kappa shape index (κ3) is 3.72. The number of fused-ring (bicyclic) bond motifs is 3. The van der Waals surface area contributed by atoms with Gasteiger partial charge in [0.05, 0.1) is 17.1 Å². The number of aromatic nitrogens is 2. The molecule has 3 heterocycles. The van der Waals surface area contributed by atoms with E-state index in [0.29, 0.717) is 4.17 Å². The number of aliphatic imine (C=N–C) groups is 1. The van der Waals surface area contributed by atoms with Gasteiger partial charge in [0, 0.05) is 55.6 Å². The smallest absolute Gasteiger partial charge is 0.154 e. The number of hydrogen-bond acceptors (Lipinski definition) is 5. The van der Waals surface area contributed by atoms with Crippen molar-refractivity contribution in [2.24, 2.45) is 4.99 Å². The Balaban J connectivity index is 1.39. The third-order valence-corrected chi connectivity index (χ3v) is 6.39. The second kappa shape index (κ2) is 8.37. The summed E-state index contributed by atoms with van der Waals surface area (Å²) in [6.07, 6.45) is 11.6. The summed E-state index contributed by atoms with van der Waals surface area (Å²) < 4.78 is 0.420. The van der Waals surface area contributed by atoms with Gasteiger partial charge in [-0.25, -0.2) is 0 Å². The highest BCUT2D eigenvalue weighted by Crippen LogP contribution is 2.33. The fourth-order valence-corrected chi connectivity index (χ4v) is 4.46. The van der Waals surface area contributed by atoms with Gasteiger partial charge in [0.15, 0.2) is 4.17 Å². The van der Waals surface area contributed by atoms with Crippen molar-refractivity contribution in [2.45, 2.75) is 30.4 Å². The second-order valence-corrected chi connectivity index (χ2v) is 7.94. The van der Waals surface area contributed by atoms with E-state index >= 15 is 0 Å². The molecule has 1 aliphatic heterocycles. The Morgan fingerprint density at radius 2 is 1.56 bits per heavy atom. The van der Waals surface area contributed by atoms with Crippen molar-refractivity contribution in [3.63, 3.8) is 0 Å². The maximum absolute atomic E-state index is 4.93. The van der Waals surface area contributed by atoms with Crippen LogP contribution in [0.3, 0.4) is 0 Å². The number of halogens is 1. The zero-order chi connectivity index (χ0) is 18.6. The van der Waals surface area contributed by atoms with Crippen LogP contribution < -0.4 is 0 Å². The first-order chi connectivity index (χ1) is 13.3. The molecule has 4 rings (SSSR count). The number of rotatable bonds is 7. The summed E-state index contributed by atoms with van der Waals surface area (Å²) in [5.41, 5.74) is 5.14. The van der Waals surface area contributed by atoms with Gasteiger partial charge in [0.2, 0.25) is 0 Å². The van der Waals surface area contributed by atoms with Gasteiger partial charge in [-0.3, -0.25) is 15.0 Å². The minimum absolute atomic E-state index is 0.420. The average molecular weight is 473 g/mol. The number of unbranched alkanes of at least 4 members (excludes halogenated alkanes) is 1. The molecule has 0 aromatic carbocycles. The lowest BCUT2D eigenvalue weighted by molar-refractivity contribution is 0.244. The van der Waals surface area contributed by atoms with Crippen LogP contribution >= 0.6 is 22.6 Å². The molecule has 6 heteroatoms. The van der Waals surface area contributed by atoms with E-state index in [1.165, 1.54) is 12.8 Å². The molecule has 0 saturated heterocycles. The van der Waals surface area contributed by atoms with E-state index in [2.05, 4.69) is 73.8 Å². The molecule has 2 aromatic heterocycles. The zero-order valence-electron chi connectivity index (χ0n) is 15.6. The molecule has 0 fully saturated rings. The van der Waals surface area contributed by atoms with Crippen LogP contribution in [0.2, 0.25) is 0 Å². The Bertz CT molecular complexity index is 816. The first-order valence-electron chi connectivity index (χ1n) is 9.59. The van der Waals surface area contributed by atoms with Crippen LogP contribution in [0.1, 0.15) is 37.3 Å². The predicted octanol–water partition coefficient (Wildman–Crippen LogP) is 4.29. The highest BCUT2D eigenvalue weighted by molar-refractivity contribution is 14.1. The molecule has 1 aliphatic carbocycles. The molecule has 2 aromatic rings. The fraction of sp³-hybridized carbons (Fsp3) is 0.381. The highest BCUT2D eigenvalue weighted by atomic mass is 127. The molecular weight excluding hydrogens is 449 g/mol. The number of pyridine rings is 2. The van der Waals surface area contributed by atoms with Gasteiger partial charge in [-0.2, -0.15) is 0 Å². The topological polar surface area (TPSA) is 44.6 Å². The van der Waals surface area contributed by atoms with Gasteiger partial charge in [-0.1, -0.05) is 13.3 Å². The standard InChI is InChI=1S/C21H24IN5/c1-2-3-12-26-14-15-27(21(26)22)13-6-11-23-18-16-7-4-9-24-19(16)20-17(18)8-5-10-25-20/h4-5,7-10,14-15,21H,2-3,6,11-13H2,1H3. The molecule has 2 aliphatic rings. The second-order valence-electron chi connectivity index (χ2n) is 6.82. The van der Waals surface area contributed by atoms with Crippen molar-refractivity contribution in [1.29, 1.82) is 0 Å². The van der Waals surface area contributed by atoms with Gasteiger partial charge in [-0.05, 0) is 59.7 Å². The van der Waals surface area contributed by atoms with Crippen molar-refractivity contribution < 1.29 is 0 Å². The number of alkyl halides is 1. The zero-order valence-corrected chi connectivity index (χ0v) is 17.7. The number of nitrogens with zero attached hydrogens (tertiary/aromatic N) is 5. The van der Waals surface area contributed by atoms with Crippen molar-refractivity contribution in [2.75, 3.05) is 19.6 Å². The maximum Gasteiger partial charge on any atom is 0.154 e. The van der Waals surface area contributed by atoms with E-state index in [0.717, 1.165) is 54.3 Å². The highest BCUT2D eigenvalue weighted by Gasteiger charge is 2.26. The van der Waals surface area contributed by atoms with Crippen LogP contribution in [-0.2, 0) is 0 Å². The Morgan fingerprint density at radius 3 is 2.15 bits per heavy atom. The summed E-state index contributed by atoms with van der Waals surface area (Å²) in [6, 6.07) is 8.14. The molecule has 27 heavy (non-hydrogen) atoms. The Hall–Kier alpha value is -1.96. The first-order valence-corrected chi connectivity index (χ1v) is 10.8. The Labute approximate surface area is 174 Å². The quantitative estimate of drug-likeness (QED) is 0.222. The van der Waals surface area contributed by atoms with Crippen LogP contribution in [-0.4, -0.2) is 49.3 Å². The van der Waals surface area contributed by atoms with Gasteiger partial charge < -0.3 is 9.80 Å². The van der Waals surface area contributed by atoms with Gasteiger partial charge in [0.25, 0.3) is 0 Å². The fourth-order valence-electron chi connectivity index (χ4n) is 3.54. The molecule has 1 atom stereocenters. The Morgan fingerprint density at radius 1 is 0.963 bits per heavy atom. The summed E-state index contributed by atoms with van der Waals surface area (Å²) in [5, 5.41) is 0. The van der Waals surface area contributed by atoms with E-state index in [1.807, 2.05) is 24.5 Å². The number of hydrogen-bond donors (Lipinski definition) is 0. The largest absolute Gasteiger partial charge is 0.348 e. The normalized spacial score (nSPS) is 17.4. The summed E-state index contributed by atoms with van der Waals surface area (Å²) in [4.78, 5) is 18.8. The van der Waals surface area contributed by atoms with Crippen LogP contribution in [0.4, 0.5) is 0 Å². The lowest BCUT2D eigenvalue weighted by Crippen LogP contribution is -2.34. The summed E-state index contributed by atoms with van der Waals surface area (Å²) in [5.74, 6) is 0. The SMILES string of the molecule is CCCCN1C=CN(CCCN=C2c3cccnc3-c3ncccc32)C1I. The van der Waals surface area contributed by atoms with Gasteiger partial charge in [0.1, 0.15) is 0 Å². The summed E-state index contributed by atoms with van der Waals surface area (Å²) >= 11 is 2.52. The molecule has 1 unspecified atom stereocenters. The molecule has 0 spiro atoms. The molecular formula is C21H24IN5.